The first-order valence-corrected chi connectivity index (χ1v) is 7.64. The molecule has 0 spiro atoms. The lowest BCUT2D eigenvalue weighted by Crippen LogP contribution is -2.24. The molecular weight excluding hydrogens is 272 g/mol. The molecule has 0 radical (unpaired) electrons. The van der Waals surface area contributed by atoms with Crippen molar-refractivity contribution in [1.82, 2.24) is 4.72 Å². The highest BCUT2D eigenvalue weighted by atomic mass is 35.5. The Bertz CT molecular complexity index is 581. The lowest BCUT2D eigenvalue weighted by Gasteiger charge is -2.10. The van der Waals surface area contributed by atoms with Gasteiger partial charge in [0.15, 0.2) is 0 Å². The van der Waals surface area contributed by atoms with E-state index in [4.69, 9.17) is 11.6 Å². The molecule has 0 aliphatic carbocycles. The maximum absolute atomic E-state index is 11.8. The first kappa shape index (κ1) is 13.4. The molecule has 1 aromatic rings. The molecule has 0 fully saturated rings. The smallest absolute Gasteiger partial charge is 0.263 e. The maximum Gasteiger partial charge on any atom is 0.263 e. The summed E-state index contributed by atoms with van der Waals surface area (Å²) in [5.74, 6) is 0.682. The van der Waals surface area contributed by atoms with Gasteiger partial charge in [-0.2, -0.15) is 0 Å². The van der Waals surface area contributed by atoms with E-state index in [0.29, 0.717) is 23.9 Å². The number of aliphatic imine (C=N–C) groups is 1. The van der Waals surface area contributed by atoms with Gasteiger partial charge >= 0.3 is 0 Å². The number of sulfonamides is 1. The molecular formula is C12H15ClN2O2S. The van der Waals surface area contributed by atoms with Gasteiger partial charge in [-0.15, -0.1) is 11.6 Å². The van der Waals surface area contributed by atoms with E-state index in [1.54, 1.807) is 24.3 Å². The molecule has 1 N–H and O–H groups in total. The number of hydrogen-bond acceptors (Lipinski definition) is 3. The van der Waals surface area contributed by atoms with Crippen LogP contribution in [0.25, 0.3) is 0 Å². The second-order valence-corrected chi connectivity index (χ2v) is 6.76. The van der Waals surface area contributed by atoms with E-state index in [1.165, 1.54) is 0 Å². The van der Waals surface area contributed by atoms with Gasteiger partial charge in [-0.25, -0.2) is 8.42 Å². The Morgan fingerprint density at radius 3 is 2.67 bits per heavy atom. The molecule has 1 aromatic carbocycles. The first-order chi connectivity index (χ1) is 8.42. The lowest BCUT2D eigenvalue weighted by atomic mass is 10.1. The van der Waals surface area contributed by atoms with Gasteiger partial charge in [-0.1, -0.05) is 26.0 Å². The van der Waals surface area contributed by atoms with E-state index < -0.39 is 10.0 Å². The van der Waals surface area contributed by atoms with E-state index >= 15 is 0 Å². The van der Waals surface area contributed by atoms with E-state index in [1.807, 2.05) is 13.8 Å². The highest BCUT2D eigenvalue weighted by Crippen LogP contribution is 2.22. The van der Waals surface area contributed by atoms with Crippen molar-refractivity contribution in [1.29, 1.82) is 0 Å². The predicted octanol–water partition coefficient (Wildman–Crippen LogP) is 1.99. The Kier molecular flexibility index (Phi) is 3.64. The van der Waals surface area contributed by atoms with Crippen molar-refractivity contribution >= 4 is 27.5 Å². The van der Waals surface area contributed by atoms with Crippen molar-refractivity contribution in [3.05, 3.63) is 29.8 Å². The fourth-order valence-electron chi connectivity index (χ4n) is 1.64. The minimum Gasteiger partial charge on any atom is -0.266 e. The zero-order chi connectivity index (χ0) is 13.3. The Balaban J connectivity index is 2.31. The van der Waals surface area contributed by atoms with Crippen molar-refractivity contribution in [2.24, 2.45) is 10.9 Å². The third-order valence-corrected chi connectivity index (χ3v) is 4.85. The average Bonchev–Trinajstić information content (AvgIpc) is 2.59. The van der Waals surface area contributed by atoms with Gasteiger partial charge in [-0.05, 0) is 18.1 Å². The molecule has 18 heavy (non-hydrogen) atoms. The standard InChI is InChI=1S/C12H15ClN2O2S/c1-8(2)10(13)7-14-12-9-5-3-4-6-11(9)18(16,17)15-12/h3-6,8,10H,7H2,1-2H3,(H,14,15). The van der Waals surface area contributed by atoms with Crippen LogP contribution in [0.4, 0.5) is 0 Å². The third kappa shape index (κ3) is 2.52. The summed E-state index contributed by atoms with van der Waals surface area (Å²) >= 11 is 6.11. The van der Waals surface area contributed by atoms with Gasteiger partial charge in [0.1, 0.15) is 5.84 Å². The second-order valence-electron chi connectivity index (χ2n) is 4.55. The minimum atomic E-state index is -3.45. The number of alkyl halides is 1. The molecule has 0 aromatic heterocycles. The number of benzene rings is 1. The van der Waals surface area contributed by atoms with Crippen LogP contribution < -0.4 is 4.72 Å². The van der Waals surface area contributed by atoms with Crippen molar-refractivity contribution in [2.45, 2.75) is 24.1 Å². The van der Waals surface area contributed by atoms with E-state index in [2.05, 4.69) is 9.71 Å². The molecule has 4 nitrogen and oxygen atoms in total. The zero-order valence-corrected chi connectivity index (χ0v) is 11.8. The normalized spacial score (nSPS) is 20.8. The minimum absolute atomic E-state index is 0.102. The zero-order valence-electron chi connectivity index (χ0n) is 10.2. The molecule has 2 rings (SSSR count). The Labute approximate surface area is 112 Å². The Morgan fingerprint density at radius 1 is 1.33 bits per heavy atom. The number of nitrogens with one attached hydrogen (secondary N) is 1. The van der Waals surface area contributed by atoms with Crippen LogP contribution in [0.3, 0.4) is 0 Å². The quantitative estimate of drug-likeness (QED) is 0.864. The van der Waals surface area contributed by atoms with Crippen LogP contribution in [0.15, 0.2) is 34.2 Å². The number of fused-ring (bicyclic) bond motifs is 1. The van der Waals surface area contributed by atoms with Crippen molar-refractivity contribution in [2.75, 3.05) is 6.54 Å². The molecule has 1 unspecified atom stereocenters. The molecule has 0 bridgehead atoms. The summed E-state index contributed by atoms with van der Waals surface area (Å²) in [4.78, 5) is 4.55. The van der Waals surface area contributed by atoms with Crippen molar-refractivity contribution < 1.29 is 8.42 Å². The van der Waals surface area contributed by atoms with Gasteiger partial charge in [0.25, 0.3) is 10.0 Å². The van der Waals surface area contributed by atoms with Gasteiger partial charge in [0.05, 0.1) is 16.8 Å². The summed E-state index contributed by atoms with van der Waals surface area (Å²) in [6.45, 7) is 4.40. The first-order valence-electron chi connectivity index (χ1n) is 5.72. The summed E-state index contributed by atoms with van der Waals surface area (Å²) in [6.07, 6.45) is 0. The molecule has 1 aliphatic rings. The maximum atomic E-state index is 11.8. The van der Waals surface area contributed by atoms with Crippen LogP contribution in [-0.4, -0.2) is 26.2 Å². The molecule has 98 valence electrons. The van der Waals surface area contributed by atoms with Gasteiger partial charge < -0.3 is 0 Å². The fourth-order valence-corrected chi connectivity index (χ4v) is 2.96. The highest BCUT2D eigenvalue weighted by Gasteiger charge is 2.30. The van der Waals surface area contributed by atoms with E-state index in [0.717, 1.165) is 0 Å². The van der Waals surface area contributed by atoms with Crippen LogP contribution >= 0.6 is 11.6 Å². The van der Waals surface area contributed by atoms with Crippen LogP contribution in [0.5, 0.6) is 0 Å². The van der Waals surface area contributed by atoms with Crippen LogP contribution in [0.2, 0.25) is 0 Å². The molecule has 1 atom stereocenters. The Morgan fingerprint density at radius 2 is 2.00 bits per heavy atom. The number of nitrogens with zero attached hydrogens (tertiary/aromatic N) is 1. The van der Waals surface area contributed by atoms with Crippen molar-refractivity contribution in [3.63, 3.8) is 0 Å². The predicted molar refractivity (Wildman–Crippen MR) is 72.6 cm³/mol. The number of amidine groups is 1. The summed E-state index contributed by atoms with van der Waals surface area (Å²) in [7, 11) is -3.45. The van der Waals surface area contributed by atoms with Crippen LogP contribution in [0, 0.1) is 5.92 Å². The summed E-state index contributed by atoms with van der Waals surface area (Å²) < 4.78 is 26.1. The monoisotopic (exact) mass is 286 g/mol. The molecule has 0 saturated carbocycles. The van der Waals surface area contributed by atoms with Gasteiger partial charge in [-0.3, -0.25) is 9.71 Å². The second kappa shape index (κ2) is 4.90. The van der Waals surface area contributed by atoms with Gasteiger partial charge in [0, 0.05) is 5.56 Å². The summed E-state index contributed by atoms with van der Waals surface area (Å²) in [5.41, 5.74) is 0.616. The van der Waals surface area contributed by atoms with E-state index in [-0.39, 0.29) is 10.3 Å². The lowest BCUT2D eigenvalue weighted by molar-refractivity contribution is 0.594. The number of halogens is 1. The molecule has 0 amide bonds. The molecule has 6 heteroatoms. The number of hydrogen-bond donors (Lipinski definition) is 1. The summed E-state index contributed by atoms with van der Waals surface area (Å²) in [5, 5.41) is -0.102. The van der Waals surface area contributed by atoms with E-state index in [9.17, 15) is 8.42 Å². The fraction of sp³-hybridized carbons (Fsp3) is 0.417. The average molecular weight is 287 g/mol. The molecule has 1 heterocycles. The topological polar surface area (TPSA) is 58.5 Å². The largest absolute Gasteiger partial charge is 0.266 e. The number of rotatable bonds is 3. The summed E-state index contributed by atoms with van der Waals surface area (Å²) in [6, 6.07) is 6.79. The van der Waals surface area contributed by atoms with Crippen molar-refractivity contribution in [3.8, 4) is 0 Å². The van der Waals surface area contributed by atoms with Crippen LogP contribution in [-0.2, 0) is 10.0 Å². The van der Waals surface area contributed by atoms with Crippen LogP contribution in [0.1, 0.15) is 19.4 Å². The Hall–Kier alpha value is -1.07. The highest BCUT2D eigenvalue weighted by molar-refractivity contribution is 7.90. The third-order valence-electron chi connectivity index (χ3n) is 2.81. The molecule has 0 saturated heterocycles. The SMILES string of the molecule is CC(C)C(Cl)CN=C1NS(=O)(=O)c2ccccc21. The van der Waals surface area contributed by atoms with Gasteiger partial charge in [0.2, 0.25) is 0 Å². The molecule has 1 aliphatic heterocycles.